The van der Waals surface area contributed by atoms with E-state index in [1.54, 1.807) is 0 Å². The van der Waals surface area contributed by atoms with Crippen molar-refractivity contribution in [2.24, 2.45) is 5.73 Å². The molecule has 0 saturated heterocycles. The maximum absolute atomic E-state index is 16.9. The summed E-state index contributed by atoms with van der Waals surface area (Å²) in [6.45, 7) is 2.66. The number of nitrogens with two attached hydrogens (primary N) is 1. The number of nitrogens with zero attached hydrogens (tertiary/aromatic N) is 3. The number of carbonyl (C=O) groups is 5. The number of carbonyl (C=O) groups excluding carboxylic acids is 5. The molecule has 3 heterocycles. The van der Waals surface area contributed by atoms with E-state index in [1.807, 2.05) is 0 Å². The zero-order valence-electron chi connectivity index (χ0n) is 39.0. The zero-order valence-corrected chi connectivity index (χ0v) is 39.0. The first kappa shape index (κ1) is 52.5. The van der Waals surface area contributed by atoms with Crippen LogP contribution in [0.5, 0.6) is 17.2 Å². The summed E-state index contributed by atoms with van der Waals surface area (Å²) in [6, 6.07) is 2.45. The number of esters is 1. The molecule has 8 aromatic rings. The van der Waals surface area contributed by atoms with Gasteiger partial charge in [0.25, 0.3) is 17.7 Å². The fourth-order valence-corrected chi connectivity index (χ4v) is 9.76. The van der Waals surface area contributed by atoms with E-state index in [2.05, 4.69) is 0 Å². The van der Waals surface area contributed by atoms with Crippen LogP contribution in [0.15, 0.2) is 78.5 Å². The van der Waals surface area contributed by atoms with Gasteiger partial charge < -0.3 is 25.8 Å². The molecule has 2 aromatic heterocycles. The maximum Gasteiger partial charge on any atom is 0.356 e. The van der Waals surface area contributed by atoms with E-state index >= 15 is 31.1 Å². The van der Waals surface area contributed by atoms with Crippen LogP contribution in [0.1, 0.15) is 72.1 Å². The van der Waals surface area contributed by atoms with E-state index in [-0.39, 0.29) is 12.1 Å². The van der Waals surface area contributed by atoms with Gasteiger partial charge in [0.2, 0.25) is 11.8 Å². The van der Waals surface area contributed by atoms with Gasteiger partial charge in [0.05, 0.1) is 34.0 Å². The summed E-state index contributed by atoms with van der Waals surface area (Å²) in [4.78, 5) is 72.7. The number of ether oxygens (including phenoxy) is 1. The standard InChI is InChI=1S/C52H28F12N4O9/c1-17-23(38-33(14-30(59)45(70)41(38)62)66(17)50(74)20-4-7-24(53)27(56)10-20)13-36(69)77-48-19(3)68(35-16-32(61)47(72)43(64)40(35)48,52(76)22-6-9-26(55)29(58)12-22)44(49(65)73)37-18(2)67(34-15-31(60)46(71)42(63)39(34)37)51(75)21-5-8-25(54)28(57)11-21/h4-12,14-16,44H,13H2,1-3H3,(H4-,65,70,71,72,73)/p+1. The number of allylic oxidation sites excluding steroid dienone is 1. The lowest BCUT2D eigenvalue weighted by Crippen LogP contribution is -2.58. The summed E-state index contributed by atoms with van der Waals surface area (Å²) in [5.41, 5.74) is -4.54. The minimum absolute atomic E-state index is 0.161. The van der Waals surface area contributed by atoms with E-state index in [9.17, 15) is 60.8 Å². The van der Waals surface area contributed by atoms with E-state index in [0.717, 1.165) is 26.8 Å². The van der Waals surface area contributed by atoms with Crippen molar-refractivity contribution < 1.29 is 96.7 Å². The van der Waals surface area contributed by atoms with Crippen molar-refractivity contribution >= 4 is 62.9 Å². The highest BCUT2D eigenvalue weighted by atomic mass is 19.2. The van der Waals surface area contributed by atoms with Gasteiger partial charge in [-0.05, 0) is 74.0 Å². The van der Waals surface area contributed by atoms with Crippen LogP contribution in [-0.2, 0) is 20.7 Å². The third-order valence-corrected chi connectivity index (χ3v) is 13.2. The summed E-state index contributed by atoms with van der Waals surface area (Å²) in [6.07, 6.45) is -1.34. The van der Waals surface area contributed by atoms with Gasteiger partial charge in [0.15, 0.2) is 98.4 Å². The second-order valence-electron chi connectivity index (χ2n) is 17.4. The minimum atomic E-state index is -2.90. The SMILES string of the molecule is CC1=C(OC(=O)Cc2c(C)n(C(=O)c3ccc(F)c(F)c3)c3cc(F)c(O)c(F)c23)c2c(cc(F)c(O)c2F)[N+]1(C(=O)c1ccc(F)c(F)c1)C(C(N)=O)c1c(C)n(C(=O)c2ccc(F)c(F)c2)c2cc(F)c(O)c(F)c12. The number of quaternary nitrogens is 1. The van der Waals surface area contributed by atoms with Crippen molar-refractivity contribution in [2.45, 2.75) is 33.2 Å². The molecule has 1 aliphatic rings. The predicted molar refractivity (Wildman–Crippen MR) is 244 cm³/mol. The van der Waals surface area contributed by atoms with Crippen LogP contribution in [0.3, 0.4) is 0 Å². The zero-order chi connectivity index (χ0) is 56.3. The van der Waals surface area contributed by atoms with Crippen LogP contribution < -0.4 is 10.2 Å². The van der Waals surface area contributed by atoms with Crippen LogP contribution in [0.2, 0.25) is 0 Å². The number of hydrogen-bond acceptors (Lipinski definition) is 9. The lowest BCUT2D eigenvalue weighted by atomic mass is 9.94. The molecule has 0 fully saturated rings. The van der Waals surface area contributed by atoms with Gasteiger partial charge in [0, 0.05) is 53.0 Å². The summed E-state index contributed by atoms with van der Waals surface area (Å²) in [5.74, 6) is -35.6. The van der Waals surface area contributed by atoms with E-state index in [1.165, 1.54) is 0 Å². The van der Waals surface area contributed by atoms with Gasteiger partial charge in [-0.2, -0.15) is 4.48 Å². The highest BCUT2D eigenvalue weighted by Gasteiger charge is 2.62. The lowest BCUT2D eigenvalue weighted by Gasteiger charge is -2.38. The van der Waals surface area contributed by atoms with E-state index < -0.39 is 217 Å². The molecule has 5 N–H and O–H groups in total. The highest BCUT2D eigenvalue weighted by molar-refractivity contribution is 6.14. The molecule has 13 nitrogen and oxygen atoms in total. The molecule has 0 spiro atoms. The Hall–Kier alpha value is -9.39. The largest absolute Gasteiger partial charge is 0.503 e. The summed E-state index contributed by atoms with van der Waals surface area (Å²) >= 11 is 0. The van der Waals surface area contributed by atoms with Gasteiger partial charge in [-0.3, -0.25) is 28.3 Å². The summed E-state index contributed by atoms with van der Waals surface area (Å²) < 4.78 is 187. The van der Waals surface area contributed by atoms with E-state index in [0.29, 0.717) is 63.7 Å². The molecule has 25 heteroatoms. The van der Waals surface area contributed by atoms with Crippen molar-refractivity contribution in [3.63, 3.8) is 0 Å². The van der Waals surface area contributed by atoms with Crippen LogP contribution in [0.4, 0.5) is 58.4 Å². The molecular weight excluding hydrogens is 1050 g/mol. The van der Waals surface area contributed by atoms with Gasteiger partial charge in [0.1, 0.15) is 5.56 Å². The summed E-state index contributed by atoms with van der Waals surface area (Å²) in [5, 5.41) is 29.7. The highest BCUT2D eigenvalue weighted by Crippen LogP contribution is 2.57. The first-order chi connectivity index (χ1) is 36.2. The first-order valence-electron chi connectivity index (χ1n) is 21.9. The number of halogens is 12. The van der Waals surface area contributed by atoms with Crippen molar-refractivity contribution in [3.05, 3.63) is 193 Å². The Balaban J connectivity index is 1.33. The van der Waals surface area contributed by atoms with Crippen molar-refractivity contribution in [3.8, 4) is 17.2 Å². The molecule has 2 amide bonds. The van der Waals surface area contributed by atoms with Crippen LogP contribution in [0.25, 0.3) is 27.6 Å². The molecule has 2 atom stereocenters. The van der Waals surface area contributed by atoms with Gasteiger partial charge in [-0.15, -0.1) is 0 Å². The third-order valence-electron chi connectivity index (χ3n) is 13.2. The van der Waals surface area contributed by atoms with Crippen molar-refractivity contribution in [1.82, 2.24) is 13.6 Å². The first-order valence-corrected chi connectivity index (χ1v) is 21.9. The maximum atomic E-state index is 16.9. The fourth-order valence-electron chi connectivity index (χ4n) is 9.76. The molecule has 6 aromatic carbocycles. The minimum Gasteiger partial charge on any atom is -0.503 e. The number of phenolic OH excluding ortho intramolecular Hbond substituents is 3. The quantitative estimate of drug-likeness (QED) is 0.0619. The monoisotopic (exact) mass is 1080 g/mol. The molecule has 0 saturated carbocycles. The number of hydrogen-bond donors (Lipinski definition) is 4. The van der Waals surface area contributed by atoms with Crippen molar-refractivity contribution in [1.29, 1.82) is 0 Å². The number of primary amides is 1. The number of phenols is 3. The molecule has 9 rings (SSSR count). The van der Waals surface area contributed by atoms with Gasteiger partial charge in [-0.25, -0.2) is 57.5 Å². The Kier molecular flexibility index (Phi) is 12.6. The van der Waals surface area contributed by atoms with Crippen LogP contribution in [-0.4, -0.2) is 54.1 Å². The number of rotatable bonds is 9. The van der Waals surface area contributed by atoms with Crippen LogP contribution in [0, 0.1) is 83.7 Å². The number of aromatic hydroxyl groups is 3. The van der Waals surface area contributed by atoms with Crippen LogP contribution >= 0.6 is 0 Å². The number of fused-ring (bicyclic) bond motifs is 3. The second-order valence-corrected chi connectivity index (χ2v) is 17.4. The third kappa shape index (κ3) is 7.73. The Bertz CT molecular complexity index is 4080. The smallest absolute Gasteiger partial charge is 0.356 e. The average molecular weight is 1080 g/mol. The normalized spacial score (nSPS) is 14.6. The Morgan fingerprint density at radius 3 is 1.47 bits per heavy atom. The topological polar surface area (TPSA) is 191 Å². The molecule has 77 heavy (non-hydrogen) atoms. The fraction of sp³-hybridized carbons (Fsp3) is 0.0962. The Morgan fingerprint density at radius 2 is 0.974 bits per heavy atom. The predicted octanol–water partition coefficient (Wildman–Crippen LogP) is 10.2. The summed E-state index contributed by atoms with van der Waals surface area (Å²) in [7, 11) is 0. The Morgan fingerprint density at radius 1 is 0.545 bits per heavy atom. The Labute approximate surface area is 421 Å². The number of benzene rings is 6. The molecule has 1 aliphatic heterocycles. The number of amides is 2. The van der Waals surface area contributed by atoms with Gasteiger partial charge >= 0.3 is 11.9 Å². The lowest BCUT2D eigenvalue weighted by molar-refractivity contribution is -0.136. The van der Waals surface area contributed by atoms with Crippen molar-refractivity contribution in [2.75, 3.05) is 0 Å². The van der Waals surface area contributed by atoms with Gasteiger partial charge in [-0.1, -0.05) is 0 Å². The van der Waals surface area contributed by atoms with E-state index in [4.69, 9.17) is 10.5 Å². The molecule has 0 radical (unpaired) electrons. The average Bonchev–Trinajstić information content (AvgIpc) is 4.10. The molecule has 0 bridgehead atoms. The number of aromatic nitrogens is 2. The molecule has 394 valence electrons. The second kappa shape index (κ2) is 18.5. The molecule has 2 unspecified atom stereocenters. The molecular formula is C52H29F12N4O9+. The molecule has 0 aliphatic carbocycles.